The lowest BCUT2D eigenvalue weighted by atomic mass is 9.97. The van der Waals surface area contributed by atoms with E-state index in [-0.39, 0.29) is 11.5 Å². The standard InChI is InChI=1S/C33H33N9O2/c1-41-28-9-3-2-6-21(28)17-29(32(41)44)42-30-22(16-27(31(42)43)38-26-8-5-15-35-20-26)18-36-33(40-30)39-24-12-10-23(11-13-24)37-25-7-4-14-34-19-25/h2-3,5-6,8-13,15-16,18,20,25,29,34,37-38H,4,7,14,17,19H2,1H3,(H,36,39,40). The Morgan fingerprint density at radius 1 is 0.932 bits per heavy atom. The summed E-state index contributed by atoms with van der Waals surface area (Å²) in [6, 6.07) is 20.7. The van der Waals surface area contributed by atoms with Crippen LogP contribution in [0.5, 0.6) is 0 Å². The third kappa shape index (κ3) is 5.45. The molecule has 1 amide bonds. The summed E-state index contributed by atoms with van der Waals surface area (Å²) in [7, 11) is 1.74. The molecule has 0 aliphatic carbocycles. The fraction of sp³-hybridized carbons (Fsp3) is 0.242. The number of hydrogen-bond acceptors (Lipinski definition) is 9. The number of aromatic nitrogens is 4. The molecule has 5 aromatic rings. The average Bonchev–Trinajstić information content (AvgIpc) is 3.06. The number of carbonyl (C=O) groups excluding carboxylic acids is 1. The van der Waals surface area contributed by atoms with Gasteiger partial charge in [-0.15, -0.1) is 0 Å². The Morgan fingerprint density at radius 3 is 2.57 bits per heavy atom. The molecule has 11 heteroatoms. The molecule has 3 aromatic heterocycles. The maximum atomic E-state index is 14.1. The molecule has 0 saturated carbocycles. The summed E-state index contributed by atoms with van der Waals surface area (Å²) in [6.07, 6.45) is 7.65. The number of amides is 1. The zero-order valence-corrected chi connectivity index (χ0v) is 24.3. The van der Waals surface area contributed by atoms with E-state index in [0.29, 0.717) is 40.8 Å². The number of hydrogen-bond donors (Lipinski definition) is 4. The molecule has 0 spiro atoms. The maximum absolute atomic E-state index is 14.1. The zero-order valence-electron chi connectivity index (χ0n) is 24.3. The lowest BCUT2D eigenvalue weighted by Crippen LogP contribution is -2.43. The molecule has 2 atom stereocenters. The molecule has 2 unspecified atom stereocenters. The molecule has 2 aromatic carbocycles. The van der Waals surface area contributed by atoms with Gasteiger partial charge in [-0.1, -0.05) is 18.2 Å². The smallest absolute Gasteiger partial charge is 0.276 e. The van der Waals surface area contributed by atoms with Gasteiger partial charge in [0.1, 0.15) is 17.4 Å². The topological polar surface area (TPSA) is 129 Å². The minimum absolute atomic E-state index is 0.185. The number of rotatable bonds is 7. The molecule has 7 rings (SSSR count). The number of nitrogens with one attached hydrogen (secondary N) is 4. The largest absolute Gasteiger partial charge is 0.381 e. The minimum Gasteiger partial charge on any atom is -0.381 e. The van der Waals surface area contributed by atoms with Crippen molar-refractivity contribution < 1.29 is 4.79 Å². The molecule has 0 bridgehead atoms. The van der Waals surface area contributed by atoms with Crippen LogP contribution < -0.4 is 31.7 Å². The first kappa shape index (κ1) is 27.5. The van der Waals surface area contributed by atoms with Gasteiger partial charge in [0, 0.05) is 60.9 Å². The SMILES string of the molecule is CN1C(=O)C(n2c(=O)c(Nc3cccnc3)cc3cnc(Nc4ccc(NC5CCCNC5)cc4)nc32)Cc2ccccc21. The van der Waals surface area contributed by atoms with Crippen LogP contribution in [0.25, 0.3) is 11.0 Å². The Labute approximate surface area is 254 Å². The van der Waals surface area contributed by atoms with Crippen LogP contribution in [0.4, 0.5) is 34.4 Å². The van der Waals surface area contributed by atoms with Crippen molar-refractivity contribution >= 4 is 51.3 Å². The normalized spacial score (nSPS) is 18.1. The Morgan fingerprint density at radius 2 is 1.77 bits per heavy atom. The molecule has 2 aliphatic heterocycles. The monoisotopic (exact) mass is 587 g/mol. The fourth-order valence-corrected chi connectivity index (χ4v) is 5.99. The Balaban J connectivity index is 1.25. The van der Waals surface area contributed by atoms with Gasteiger partial charge in [0.05, 0.1) is 11.9 Å². The van der Waals surface area contributed by atoms with Crippen molar-refractivity contribution in [1.29, 1.82) is 0 Å². The first-order valence-corrected chi connectivity index (χ1v) is 14.8. The molecular formula is C33H33N9O2. The van der Waals surface area contributed by atoms with Crippen LogP contribution in [0.3, 0.4) is 0 Å². The van der Waals surface area contributed by atoms with Gasteiger partial charge in [-0.05, 0) is 73.5 Å². The van der Waals surface area contributed by atoms with Crippen LogP contribution in [-0.2, 0) is 11.2 Å². The van der Waals surface area contributed by atoms with Crippen LogP contribution in [-0.4, -0.2) is 51.6 Å². The number of piperidine rings is 1. The first-order valence-electron chi connectivity index (χ1n) is 14.8. The second kappa shape index (κ2) is 11.8. The highest BCUT2D eigenvalue weighted by Gasteiger charge is 2.34. The van der Waals surface area contributed by atoms with E-state index in [1.807, 2.05) is 54.6 Å². The van der Waals surface area contributed by atoms with E-state index >= 15 is 0 Å². The van der Waals surface area contributed by atoms with Crippen molar-refractivity contribution in [1.82, 2.24) is 24.8 Å². The molecular weight excluding hydrogens is 554 g/mol. The average molecular weight is 588 g/mol. The van der Waals surface area contributed by atoms with E-state index in [2.05, 4.69) is 31.2 Å². The quantitative estimate of drug-likeness (QED) is 0.216. The Hall–Kier alpha value is -5.29. The fourth-order valence-electron chi connectivity index (χ4n) is 5.99. The van der Waals surface area contributed by atoms with Gasteiger partial charge in [0.25, 0.3) is 5.56 Å². The number of nitrogens with zero attached hydrogens (tertiary/aromatic N) is 5. The van der Waals surface area contributed by atoms with Gasteiger partial charge >= 0.3 is 0 Å². The van der Waals surface area contributed by atoms with E-state index in [0.717, 1.165) is 48.6 Å². The van der Waals surface area contributed by atoms with Crippen LogP contribution in [0.1, 0.15) is 24.4 Å². The third-order valence-electron chi connectivity index (χ3n) is 8.22. The second-order valence-electron chi connectivity index (χ2n) is 11.2. The molecule has 2 aliphatic rings. The lowest BCUT2D eigenvalue weighted by molar-refractivity contribution is -0.121. The van der Waals surface area contributed by atoms with Gasteiger partial charge in [-0.25, -0.2) is 4.98 Å². The third-order valence-corrected chi connectivity index (χ3v) is 8.22. The van der Waals surface area contributed by atoms with Crippen LogP contribution in [0.2, 0.25) is 0 Å². The molecule has 0 radical (unpaired) electrons. The number of likely N-dealkylation sites (N-methyl/N-ethyl adjacent to an activating group) is 1. The number of benzene rings is 2. The molecule has 44 heavy (non-hydrogen) atoms. The van der Waals surface area contributed by atoms with Crippen molar-refractivity contribution in [2.45, 2.75) is 31.3 Å². The van der Waals surface area contributed by atoms with Crippen molar-refractivity contribution in [2.24, 2.45) is 0 Å². The number of fused-ring (bicyclic) bond motifs is 2. The molecule has 4 N–H and O–H groups in total. The van der Waals surface area contributed by atoms with Crippen molar-refractivity contribution in [3.05, 3.63) is 101 Å². The van der Waals surface area contributed by atoms with Gasteiger partial charge in [-0.2, -0.15) is 4.98 Å². The Kier molecular flexibility index (Phi) is 7.37. The summed E-state index contributed by atoms with van der Waals surface area (Å²) in [5.74, 6) is 0.142. The summed E-state index contributed by atoms with van der Waals surface area (Å²) >= 11 is 0. The van der Waals surface area contributed by atoms with Gasteiger partial charge < -0.3 is 26.2 Å². The maximum Gasteiger partial charge on any atom is 0.276 e. The van der Waals surface area contributed by atoms with E-state index in [1.54, 1.807) is 42.7 Å². The molecule has 1 fully saturated rings. The number of pyridine rings is 2. The predicted molar refractivity (Wildman–Crippen MR) is 173 cm³/mol. The van der Waals surface area contributed by atoms with Crippen LogP contribution in [0.15, 0.2) is 90.1 Å². The highest BCUT2D eigenvalue weighted by atomic mass is 16.2. The number of para-hydroxylation sites is 1. The summed E-state index contributed by atoms with van der Waals surface area (Å²) in [6.45, 7) is 2.03. The lowest BCUT2D eigenvalue weighted by Gasteiger charge is -2.33. The van der Waals surface area contributed by atoms with E-state index in [1.165, 1.54) is 4.57 Å². The summed E-state index contributed by atoms with van der Waals surface area (Å²) in [5, 5.41) is 14.1. The number of carbonyl (C=O) groups is 1. The summed E-state index contributed by atoms with van der Waals surface area (Å²) in [4.78, 5) is 43.0. The second-order valence-corrected chi connectivity index (χ2v) is 11.2. The van der Waals surface area contributed by atoms with Crippen molar-refractivity contribution in [2.75, 3.05) is 41.0 Å². The van der Waals surface area contributed by atoms with E-state index < -0.39 is 6.04 Å². The number of anilines is 6. The summed E-state index contributed by atoms with van der Waals surface area (Å²) in [5.41, 5.74) is 4.66. The summed E-state index contributed by atoms with van der Waals surface area (Å²) < 4.78 is 1.50. The van der Waals surface area contributed by atoms with Crippen molar-refractivity contribution in [3.8, 4) is 0 Å². The Bertz CT molecular complexity index is 1870. The first-order chi connectivity index (χ1) is 21.5. The van der Waals surface area contributed by atoms with Gasteiger partial charge in [0.15, 0.2) is 0 Å². The molecule has 5 heterocycles. The predicted octanol–water partition coefficient (Wildman–Crippen LogP) is 4.60. The van der Waals surface area contributed by atoms with Crippen LogP contribution in [0, 0.1) is 0 Å². The van der Waals surface area contributed by atoms with E-state index in [4.69, 9.17) is 4.98 Å². The minimum atomic E-state index is -0.789. The highest BCUT2D eigenvalue weighted by molar-refractivity contribution is 5.99. The molecule has 222 valence electrons. The van der Waals surface area contributed by atoms with Crippen LogP contribution >= 0.6 is 0 Å². The zero-order chi connectivity index (χ0) is 30.0. The molecule has 11 nitrogen and oxygen atoms in total. The van der Waals surface area contributed by atoms with Gasteiger partial charge in [-0.3, -0.25) is 19.1 Å². The van der Waals surface area contributed by atoms with Gasteiger partial charge in [0.2, 0.25) is 11.9 Å². The van der Waals surface area contributed by atoms with E-state index in [9.17, 15) is 9.59 Å². The highest BCUT2D eigenvalue weighted by Crippen LogP contribution is 2.33. The van der Waals surface area contributed by atoms with Crippen molar-refractivity contribution in [3.63, 3.8) is 0 Å². The molecule has 1 saturated heterocycles.